The van der Waals surface area contributed by atoms with Gasteiger partial charge < -0.3 is 0 Å². The van der Waals surface area contributed by atoms with E-state index in [9.17, 15) is 0 Å². The first-order valence-electron chi connectivity index (χ1n) is 11.0. The van der Waals surface area contributed by atoms with Crippen LogP contribution in [0, 0.1) is 13.8 Å². The van der Waals surface area contributed by atoms with Crippen molar-refractivity contribution in [1.29, 1.82) is 0 Å². The number of allylic oxidation sites excluding steroid dienone is 2. The van der Waals surface area contributed by atoms with Crippen LogP contribution < -0.4 is 0 Å². The highest BCUT2D eigenvalue weighted by Gasteiger charge is 2.31. The fourth-order valence-corrected chi connectivity index (χ4v) is 4.73. The maximum Gasteiger partial charge on any atom is 0.0112 e. The Bertz CT molecular complexity index is 1210. The summed E-state index contributed by atoms with van der Waals surface area (Å²) in [5.74, 6) is 0. The Morgan fingerprint density at radius 2 is 1.20 bits per heavy atom. The van der Waals surface area contributed by atoms with E-state index in [4.69, 9.17) is 0 Å². The van der Waals surface area contributed by atoms with Crippen molar-refractivity contribution in [2.45, 2.75) is 66.2 Å². The molecule has 0 atom stereocenters. The van der Waals surface area contributed by atoms with Gasteiger partial charge in [0.1, 0.15) is 0 Å². The van der Waals surface area contributed by atoms with Crippen molar-refractivity contribution in [3.05, 3.63) is 93.1 Å². The van der Waals surface area contributed by atoms with Crippen LogP contribution in [0.5, 0.6) is 0 Å². The molecule has 0 saturated heterocycles. The smallest absolute Gasteiger partial charge is 0.0112 e. The van der Waals surface area contributed by atoms with Gasteiger partial charge in [0.15, 0.2) is 0 Å². The summed E-state index contributed by atoms with van der Waals surface area (Å²) in [6.07, 6.45) is 4.67. The van der Waals surface area contributed by atoms with Crippen LogP contribution >= 0.6 is 0 Å². The van der Waals surface area contributed by atoms with E-state index in [2.05, 4.69) is 116 Å². The van der Waals surface area contributed by atoms with Crippen molar-refractivity contribution < 1.29 is 0 Å². The quantitative estimate of drug-likeness (QED) is 0.358. The molecular formula is C30H34. The van der Waals surface area contributed by atoms with Gasteiger partial charge >= 0.3 is 0 Å². The maximum absolute atomic E-state index is 2.34. The highest BCUT2D eigenvalue weighted by molar-refractivity contribution is 5.94. The molecule has 30 heavy (non-hydrogen) atoms. The molecule has 0 heteroatoms. The van der Waals surface area contributed by atoms with E-state index in [0.29, 0.717) is 0 Å². The van der Waals surface area contributed by atoms with Crippen molar-refractivity contribution >= 4 is 22.9 Å². The molecule has 3 aromatic carbocycles. The van der Waals surface area contributed by atoms with Gasteiger partial charge in [0, 0.05) is 10.8 Å². The number of fused-ring (bicyclic) bond motifs is 4. The molecule has 0 bridgehead atoms. The van der Waals surface area contributed by atoms with Gasteiger partial charge in [0.2, 0.25) is 0 Å². The summed E-state index contributed by atoms with van der Waals surface area (Å²) in [6, 6.07) is 17.8. The zero-order chi connectivity index (χ0) is 21.8. The molecule has 0 amide bonds. The monoisotopic (exact) mass is 394 g/mol. The first-order chi connectivity index (χ1) is 14.0. The number of hydrogen-bond donors (Lipinski definition) is 0. The lowest BCUT2D eigenvalue weighted by Crippen LogP contribution is -2.15. The van der Waals surface area contributed by atoms with Gasteiger partial charge in [-0.3, -0.25) is 0 Å². The third-order valence-electron chi connectivity index (χ3n) is 7.69. The van der Waals surface area contributed by atoms with Crippen LogP contribution in [0.15, 0.2) is 59.7 Å². The standard InChI is InChI=1S/C16H16.C14H18/c1-11-10-14-13-7-5-4-6-12(13)8-9-15(14)16(11,2)3;1-9-6-12-8-11(3)14(4,5)13(12)7-10(9)2/h4-10H,1-3H3;6-8H,1-5H3. The van der Waals surface area contributed by atoms with Gasteiger partial charge in [-0.15, -0.1) is 0 Å². The second-order valence-electron chi connectivity index (χ2n) is 10.2. The Hall–Kier alpha value is -2.60. The largest absolute Gasteiger partial charge is 0.0627 e. The molecule has 3 aromatic rings. The summed E-state index contributed by atoms with van der Waals surface area (Å²) in [4.78, 5) is 0. The third-order valence-corrected chi connectivity index (χ3v) is 7.69. The third kappa shape index (κ3) is 3.14. The zero-order valence-electron chi connectivity index (χ0n) is 19.8. The number of rotatable bonds is 0. The van der Waals surface area contributed by atoms with Crippen molar-refractivity contribution in [1.82, 2.24) is 0 Å². The topological polar surface area (TPSA) is 0 Å². The summed E-state index contributed by atoms with van der Waals surface area (Å²) in [5, 5.41) is 2.72. The summed E-state index contributed by atoms with van der Waals surface area (Å²) in [5.41, 5.74) is 11.9. The summed E-state index contributed by atoms with van der Waals surface area (Å²) in [6.45, 7) is 18.1. The molecule has 0 fully saturated rings. The van der Waals surface area contributed by atoms with Crippen LogP contribution in [-0.4, -0.2) is 0 Å². The molecule has 0 nitrogen and oxygen atoms in total. The van der Waals surface area contributed by atoms with E-state index in [0.717, 1.165) is 0 Å². The van der Waals surface area contributed by atoms with E-state index >= 15 is 0 Å². The molecule has 0 radical (unpaired) electrons. The van der Waals surface area contributed by atoms with Crippen LogP contribution in [-0.2, 0) is 10.8 Å². The zero-order valence-corrected chi connectivity index (χ0v) is 19.8. The average Bonchev–Trinajstić information content (AvgIpc) is 3.06. The number of benzene rings is 3. The first-order valence-corrected chi connectivity index (χ1v) is 11.0. The molecule has 0 heterocycles. The lowest BCUT2D eigenvalue weighted by molar-refractivity contribution is 0.639. The van der Waals surface area contributed by atoms with Crippen LogP contribution in [0.4, 0.5) is 0 Å². The van der Waals surface area contributed by atoms with Gasteiger partial charge in [0.05, 0.1) is 0 Å². The van der Waals surface area contributed by atoms with E-state index in [1.165, 1.54) is 55.3 Å². The molecule has 0 aliphatic heterocycles. The maximum atomic E-state index is 2.34. The number of aryl methyl sites for hydroxylation is 2. The SMILES string of the molecule is CC1=Cc2c(ccc3ccccc23)C1(C)C.CC1=Cc2cc(C)c(C)cc2C1(C)C. The van der Waals surface area contributed by atoms with Gasteiger partial charge in [-0.1, -0.05) is 99.5 Å². The number of hydrogen-bond acceptors (Lipinski definition) is 0. The van der Waals surface area contributed by atoms with E-state index in [1.807, 2.05) is 0 Å². The Labute approximate surface area is 182 Å². The second-order valence-corrected chi connectivity index (χ2v) is 10.2. The predicted molar refractivity (Wildman–Crippen MR) is 133 cm³/mol. The van der Waals surface area contributed by atoms with Gasteiger partial charge in [-0.2, -0.15) is 0 Å². The Balaban J connectivity index is 0.000000147. The molecule has 5 rings (SSSR count). The van der Waals surface area contributed by atoms with Gasteiger partial charge in [-0.25, -0.2) is 0 Å². The summed E-state index contributed by atoms with van der Waals surface area (Å²) >= 11 is 0. The fourth-order valence-electron chi connectivity index (χ4n) is 4.73. The average molecular weight is 395 g/mol. The minimum Gasteiger partial charge on any atom is -0.0627 e. The van der Waals surface area contributed by atoms with Gasteiger partial charge in [-0.05, 0) is 71.8 Å². The lowest BCUT2D eigenvalue weighted by atomic mass is 9.81. The van der Waals surface area contributed by atoms with Gasteiger partial charge in [0.25, 0.3) is 0 Å². The van der Waals surface area contributed by atoms with Crippen molar-refractivity contribution in [3.63, 3.8) is 0 Å². The van der Waals surface area contributed by atoms with E-state index in [1.54, 1.807) is 0 Å². The Morgan fingerprint density at radius 1 is 0.600 bits per heavy atom. The molecule has 0 N–H and O–H groups in total. The van der Waals surface area contributed by atoms with Crippen LogP contribution in [0.2, 0.25) is 0 Å². The molecule has 0 spiro atoms. The van der Waals surface area contributed by atoms with Crippen LogP contribution in [0.3, 0.4) is 0 Å². The van der Waals surface area contributed by atoms with E-state index < -0.39 is 0 Å². The molecule has 2 aliphatic carbocycles. The van der Waals surface area contributed by atoms with Crippen molar-refractivity contribution in [2.24, 2.45) is 0 Å². The molecular weight excluding hydrogens is 360 g/mol. The molecule has 2 aliphatic rings. The molecule has 154 valence electrons. The lowest BCUT2D eigenvalue weighted by Gasteiger charge is -2.23. The summed E-state index contributed by atoms with van der Waals surface area (Å²) < 4.78 is 0. The predicted octanol–water partition coefficient (Wildman–Crippen LogP) is 8.53. The highest BCUT2D eigenvalue weighted by atomic mass is 14.3. The normalized spacial score (nSPS) is 17.6. The van der Waals surface area contributed by atoms with E-state index in [-0.39, 0.29) is 10.8 Å². The molecule has 0 aromatic heterocycles. The molecule has 0 saturated carbocycles. The minimum absolute atomic E-state index is 0.194. The summed E-state index contributed by atoms with van der Waals surface area (Å²) in [7, 11) is 0. The highest BCUT2D eigenvalue weighted by Crippen LogP contribution is 2.44. The second kappa shape index (κ2) is 6.98. The molecule has 0 unspecified atom stereocenters. The Morgan fingerprint density at radius 3 is 1.93 bits per heavy atom. The minimum atomic E-state index is 0.194. The van der Waals surface area contributed by atoms with Crippen molar-refractivity contribution in [3.8, 4) is 0 Å². The van der Waals surface area contributed by atoms with Crippen molar-refractivity contribution in [2.75, 3.05) is 0 Å². The van der Waals surface area contributed by atoms with Crippen LogP contribution in [0.25, 0.3) is 22.9 Å². The van der Waals surface area contributed by atoms with Crippen LogP contribution in [0.1, 0.15) is 74.9 Å². The Kier molecular flexibility index (Phi) is 4.81. The first kappa shape index (κ1) is 20.7. The fraction of sp³-hybridized carbons (Fsp3) is 0.333.